The second-order valence-electron chi connectivity index (χ2n) is 6.50. The Kier molecular flexibility index (Phi) is 5.50. The number of nitrogens with one attached hydrogen (secondary N) is 1. The number of rotatable bonds is 6. The van der Waals surface area contributed by atoms with E-state index >= 15 is 0 Å². The fourth-order valence-corrected chi connectivity index (χ4v) is 4.19. The van der Waals surface area contributed by atoms with Gasteiger partial charge in [-0.25, -0.2) is 0 Å². The Morgan fingerprint density at radius 3 is 2.67 bits per heavy atom. The molecule has 0 saturated carbocycles. The van der Waals surface area contributed by atoms with E-state index in [0.717, 1.165) is 48.0 Å². The number of anilines is 1. The van der Waals surface area contributed by atoms with Crippen LogP contribution in [0.1, 0.15) is 10.6 Å². The molecule has 1 N–H and O–H groups in total. The first kappa shape index (κ1) is 17.8. The summed E-state index contributed by atoms with van der Waals surface area (Å²) in [5.41, 5.74) is 2.46. The molecule has 138 valence electrons. The largest absolute Gasteiger partial charge is 0.361 e. The van der Waals surface area contributed by atoms with Crippen molar-refractivity contribution in [1.82, 2.24) is 20.3 Å². The third kappa shape index (κ3) is 4.56. The number of ketones is 1. The van der Waals surface area contributed by atoms with Gasteiger partial charge in [-0.1, -0.05) is 0 Å². The Hall–Kier alpha value is -2.64. The second-order valence-corrected chi connectivity index (χ2v) is 7.64. The summed E-state index contributed by atoms with van der Waals surface area (Å²) >= 11 is 1.72. The molecule has 1 aliphatic heterocycles. The minimum atomic E-state index is 0.184. The molecule has 0 atom stereocenters. The van der Waals surface area contributed by atoms with Crippen LogP contribution in [-0.2, 0) is 17.6 Å². The number of nitrogens with zero attached hydrogens (tertiary/aromatic N) is 4. The lowest BCUT2D eigenvalue weighted by Gasteiger charge is -2.27. The molecule has 4 rings (SSSR count). The van der Waals surface area contributed by atoms with Gasteiger partial charge in [0.15, 0.2) is 0 Å². The predicted octanol–water partition coefficient (Wildman–Crippen LogP) is 2.36. The summed E-state index contributed by atoms with van der Waals surface area (Å²) in [7, 11) is 0. The Bertz CT molecular complexity index is 888. The number of aromatic nitrogens is 3. The van der Waals surface area contributed by atoms with Crippen LogP contribution in [0.15, 0.2) is 49.1 Å². The molecule has 0 amide bonds. The van der Waals surface area contributed by atoms with Crippen molar-refractivity contribution < 1.29 is 4.79 Å². The first-order valence-corrected chi connectivity index (χ1v) is 9.87. The minimum absolute atomic E-state index is 0.184. The summed E-state index contributed by atoms with van der Waals surface area (Å²) in [6.07, 6.45) is 7.56. The number of hydrogen-bond acceptors (Lipinski definition) is 7. The highest BCUT2D eigenvalue weighted by Crippen LogP contribution is 2.27. The quantitative estimate of drug-likeness (QED) is 0.709. The summed E-state index contributed by atoms with van der Waals surface area (Å²) in [6, 6.07) is 8.03. The number of pyridine rings is 1. The lowest BCUT2D eigenvalue weighted by atomic mass is 10.1. The van der Waals surface area contributed by atoms with Crippen LogP contribution in [0, 0.1) is 0 Å². The summed E-state index contributed by atoms with van der Waals surface area (Å²) in [6.45, 7) is 4.08. The van der Waals surface area contributed by atoms with E-state index in [2.05, 4.69) is 37.3 Å². The molecule has 3 aromatic rings. The predicted molar refractivity (Wildman–Crippen MR) is 107 cm³/mol. The maximum atomic E-state index is 12.4. The highest BCUT2D eigenvalue weighted by molar-refractivity contribution is 7.16. The van der Waals surface area contributed by atoms with Gasteiger partial charge in [0.25, 0.3) is 0 Å². The number of hydrogen-bond donors (Lipinski definition) is 1. The summed E-state index contributed by atoms with van der Waals surface area (Å²) < 4.78 is 0. The van der Waals surface area contributed by atoms with E-state index in [1.165, 1.54) is 5.00 Å². The van der Waals surface area contributed by atoms with E-state index in [1.807, 2.05) is 12.1 Å². The van der Waals surface area contributed by atoms with Crippen LogP contribution in [0.25, 0.3) is 11.3 Å². The molecular weight excluding hydrogens is 358 g/mol. The standard InChI is InChI=1S/C20H21N5OS/c26-17(12-18-3-4-20(27-18)25-9-7-21-8-10-25)11-16-2-1-15(13-24-16)19-14-22-5-6-23-19/h1-6,13-14,21H,7-12H2. The topological polar surface area (TPSA) is 71.0 Å². The highest BCUT2D eigenvalue weighted by atomic mass is 32.1. The lowest BCUT2D eigenvalue weighted by molar-refractivity contribution is -0.117. The lowest BCUT2D eigenvalue weighted by Crippen LogP contribution is -2.43. The molecular formula is C20H21N5OS. The van der Waals surface area contributed by atoms with Crippen molar-refractivity contribution in [3.63, 3.8) is 0 Å². The molecule has 1 fully saturated rings. The van der Waals surface area contributed by atoms with Gasteiger partial charge in [0, 0.05) is 73.7 Å². The van der Waals surface area contributed by atoms with E-state index in [0.29, 0.717) is 12.8 Å². The van der Waals surface area contributed by atoms with Gasteiger partial charge in [0.1, 0.15) is 5.78 Å². The normalized spacial score (nSPS) is 14.3. The monoisotopic (exact) mass is 379 g/mol. The van der Waals surface area contributed by atoms with Crippen molar-refractivity contribution in [2.75, 3.05) is 31.1 Å². The van der Waals surface area contributed by atoms with Gasteiger partial charge >= 0.3 is 0 Å². The molecule has 7 heteroatoms. The molecule has 4 heterocycles. The maximum absolute atomic E-state index is 12.4. The number of thiophene rings is 1. The van der Waals surface area contributed by atoms with Crippen LogP contribution in [0.2, 0.25) is 0 Å². The Labute approximate surface area is 162 Å². The van der Waals surface area contributed by atoms with Crippen molar-refractivity contribution >= 4 is 22.1 Å². The Morgan fingerprint density at radius 1 is 1.04 bits per heavy atom. The number of carbonyl (C=O) groups excluding carboxylic acids is 1. The summed E-state index contributed by atoms with van der Waals surface area (Å²) in [5.74, 6) is 0.184. The van der Waals surface area contributed by atoms with Gasteiger partial charge < -0.3 is 10.2 Å². The molecule has 6 nitrogen and oxygen atoms in total. The van der Waals surface area contributed by atoms with Gasteiger partial charge in [0.2, 0.25) is 0 Å². The third-order valence-corrected chi connectivity index (χ3v) is 5.66. The first-order valence-electron chi connectivity index (χ1n) is 9.05. The van der Waals surface area contributed by atoms with Gasteiger partial charge in [-0.3, -0.25) is 19.7 Å². The highest BCUT2D eigenvalue weighted by Gasteiger charge is 2.14. The van der Waals surface area contributed by atoms with E-state index in [1.54, 1.807) is 36.1 Å². The summed E-state index contributed by atoms with van der Waals surface area (Å²) in [4.78, 5) is 28.7. The van der Waals surface area contributed by atoms with Crippen LogP contribution in [0.4, 0.5) is 5.00 Å². The zero-order valence-electron chi connectivity index (χ0n) is 15.0. The average molecular weight is 379 g/mol. The molecule has 0 aromatic carbocycles. The van der Waals surface area contributed by atoms with Gasteiger partial charge in [-0.15, -0.1) is 11.3 Å². The maximum Gasteiger partial charge on any atom is 0.144 e. The smallest absolute Gasteiger partial charge is 0.144 e. The molecule has 0 spiro atoms. The van der Waals surface area contributed by atoms with Crippen LogP contribution >= 0.6 is 11.3 Å². The second kappa shape index (κ2) is 8.37. The van der Waals surface area contributed by atoms with Crippen molar-refractivity contribution in [3.8, 4) is 11.3 Å². The third-order valence-electron chi connectivity index (χ3n) is 4.51. The molecule has 0 bridgehead atoms. The molecule has 1 saturated heterocycles. The van der Waals surface area contributed by atoms with Gasteiger partial charge in [-0.05, 0) is 24.3 Å². The van der Waals surface area contributed by atoms with Crippen molar-refractivity contribution in [3.05, 3.63) is 59.6 Å². The van der Waals surface area contributed by atoms with Gasteiger partial charge in [0.05, 0.1) is 16.9 Å². The molecule has 3 aromatic heterocycles. The average Bonchev–Trinajstić information content (AvgIpc) is 3.18. The van der Waals surface area contributed by atoms with Crippen molar-refractivity contribution in [2.45, 2.75) is 12.8 Å². The zero-order chi connectivity index (χ0) is 18.5. The van der Waals surface area contributed by atoms with Crippen LogP contribution in [-0.4, -0.2) is 46.9 Å². The van der Waals surface area contributed by atoms with E-state index < -0.39 is 0 Å². The SMILES string of the molecule is O=C(Cc1ccc(-c2cnccn2)cn1)Cc1ccc(N2CCNCC2)s1. The van der Waals surface area contributed by atoms with Gasteiger partial charge in [-0.2, -0.15) is 0 Å². The van der Waals surface area contributed by atoms with Crippen molar-refractivity contribution in [1.29, 1.82) is 0 Å². The zero-order valence-corrected chi connectivity index (χ0v) is 15.8. The van der Waals surface area contributed by atoms with Crippen LogP contribution < -0.4 is 10.2 Å². The number of piperazine rings is 1. The summed E-state index contributed by atoms with van der Waals surface area (Å²) in [5, 5.41) is 4.61. The van der Waals surface area contributed by atoms with Crippen molar-refractivity contribution in [2.24, 2.45) is 0 Å². The minimum Gasteiger partial charge on any atom is -0.361 e. The van der Waals surface area contributed by atoms with Crippen LogP contribution in [0.5, 0.6) is 0 Å². The Balaban J connectivity index is 1.35. The number of carbonyl (C=O) groups is 1. The molecule has 0 aliphatic carbocycles. The van der Waals surface area contributed by atoms with E-state index in [9.17, 15) is 4.79 Å². The Morgan fingerprint density at radius 2 is 1.93 bits per heavy atom. The molecule has 27 heavy (non-hydrogen) atoms. The molecule has 0 radical (unpaired) electrons. The van der Waals surface area contributed by atoms with Crippen LogP contribution in [0.3, 0.4) is 0 Å². The number of Topliss-reactive ketones (excluding diaryl/α,β-unsaturated/α-hetero) is 1. The first-order chi connectivity index (χ1) is 13.3. The van der Waals surface area contributed by atoms with E-state index in [4.69, 9.17) is 0 Å². The molecule has 0 unspecified atom stereocenters. The van der Waals surface area contributed by atoms with E-state index in [-0.39, 0.29) is 5.78 Å². The fourth-order valence-electron chi connectivity index (χ4n) is 3.10. The molecule has 1 aliphatic rings. The fraction of sp³-hybridized carbons (Fsp3) is 0.300.